The van der Waals surface area contributed by atoms with Crippen LogP contribution < -0.4 is 0 Å². The summed E-state index contributed by atoms with van der Waals surface area (Å²) in [6.07, 6.45) is -1.01. The fourth-order valence-corrected chi connectivity index (χ4v) is 2.95. The van der Waals surface area contributed by atoms with Gasteiger partial charge >= 0.3 is 6.18 Å². The van der Waals surface area contributed by atoms with Gasteiger partial charge in [0.1, 0.15) is 5.76 Å². The molecule has 0 saturated heterocycles. The quantitative estimate of drug-likeness (QED) is 0.530. The van der Waals surface area contributed by atoms with Crippen LogP contribution in [0.15, 0.2) is 11.8 Å². The SMILES string of the molecule is CCC(C)(CC(F)(F)F)C(O)=CC(=O)C1CCC(C)(C)CC1. The maximum Gasteiger partial charge on any atom is 0.390 e. The number of ketones is 1. The summed E-state index contributed by atoms with van der Waals surface area (Å²) in [5.41, 5.74) is -1.21. The van der Waals surface area contributed by atoms with E-state index in [0.29, 0.717) is 0 Å². The highest BCUT2D eigenvalue weighted by Gasteiger charge is 2.41. The molecule has 0 heterocycles. The molecule has 22 heavy (non-hydrogen) atoms. The molecule has 0 aliphatic heterocycles. The van der Waals surface area contributed by atoms with E-state index in [-0.39, 0.29) is 23.5 Å². The van der Waals surface area contributed by atoms with Crippen molar-refractivity contribution in [1.82, 2.24) is 0 Å². The average molecular weight is 320 g/mol. The highest BCUT2D eigenvalue weighted by molar-refractivity contribution is 5.92. The van der Waals surface area contributed by atoms with Crippen molar-refractivity contribution in [2.75, 3.05) is 0 Å². The molecule has 0 amide bonds. The normalized spacial score (nSPS) is 23.1. The van der Waals surface area contributed by atoms with Gasteiger partial charge in [-0.2, -0.15) is 13.2 Å². The van der Waals surface area contributed by atoms with Gasteiger partial charge in [0.15, 0.2) is 5.78 Å². The molecule has 1 aliphatic rings. The molecule has 1 rings (SSSR count). The van der Waals surface area contributed by atoms with Crippen LogP contribution in [0.1, 0.15) is 66.2 Å². The number of alkyl halides is 3. The molecule has 5 heteroatoms. The molecule has 2 nitrogen and oxygen atoms in total. The number of carbonyl (C=O) groups excluding carboxylic acids is 1. The maximum absolute atomic E-state index is 12.7. The third-order valence-corrected chi connectivity index (χ3v) is 5.01. The lowest BCUT2D eigenvalue weighted by molar-refractivity contribution is -0.156. The van der Waals surface area contributed by atoms with Crippen molar-refractivity contribution in [2.45, 2.75) is 72.4 Å². The van der Waals surface area contributed by atoms with Crippen LogP contribution in [0, 0.1) is 16.7 Å². The zero-order valence-electron chi connectivity index (χ0n) is 13.9. The Bertz CT molecular complexity index is 428. The van der Waals surface area contributed by atoms with Crippen LogP contribution in [0.4, 0.5) is 13.2 Å². The second kappa shape index (κ2) is 6.63. The number of halogens is 3. The molecular weight excluding hydrogens is 293 g/mol. The molecule has 0 radical (unpaired) electrons. The Morgan fingerprint density at radius 1 is 1.27 bits per heavy atom. The molecule has 0 aromatic heterocycles. The second-order valence-electron chi connectivity index (χ2n) is 7.58. The highest BCUT2D eigenvalue weighted by atomic mass is 19.4. The van der Waals surface area contributed by atoms with Crippen molar-refractivity contribution in [3.05, 3.63) is 11.8 Å². The molecule has 1 N–H and O–H groups in total. The number of rotatable bonds is 5. The van der Waals surface area contributed by atoms with Crippen LogP contribution in [-0.4, -0.2) is 17.1 Å². The van der Waals surface area contributed by atoms with Crippen LogP contribution in [0.2, 0.25) is 0 Å². The van der Waals surface area contributed by atoms with E-state index in [0.717, 1.165) is 31.8 Å². The van der Waals surface area contributed by atoms with E-state index in [4.69, 9.17) is 0 Å². The van der Waals surface area contributed by atoms with Gasteiger partial charge in [-0.3, -0.25) is 4.79 Å². The molecule has 0 bridgehead atoms. The number of allylic oxidation sites excluding steroid dienone is 2. The van der Waals surface area contributed by atoms with Crippen LogP contribution in [-0.2, 0) is 4.79 Å². The summed E-state index contributed by atoms with van der Waals surface area (Å²) in [5.74, 6) is -0.862. The lowest BCUT2D eigenvalue weighted by Gasteiger charge is -2.33. The fraction of sp³-hybridized carbons (Fsp3) is 0.824. The molecule has 0 aromatic rings. The Morgan fingerprint density at radius 3 is 2.18 bits per heavy atom. The number of carbonyl (C=O) groups is 1. The minimum Gasteiger partial charge on any atom is -0.512 e. The first kappa shape index (κ1) is 19.0. The van der Waals surface area contributed by atoms with Crippen molar-refractivity contribution < 1.29 is 23.1 Å². The van der Waals surface area contributed by atoms with Crippen molar-refractivity contribution in [3.8, 4) is 0 Å². The largest absolute Gasteiger partial charge is 0.512 e. The highest BCUT2D eigenvalue weighted by Crippen LogP contribution is 2.42. The van der Waals surface area contributed by atoms with Crippen molar-refractivity contribution >= 4 is 5.78 Å². The van der Waals surface area contributed by atoms with E-state index in [9.17, 15) is 23.1 Å². The Hall–Kier alpha value is -1.00. The summed E-state index contributed by atoms with van der Waals surface area (Å²) in [7, 11) is 0. The Labute approximate surface area is 130 Å². The third-order valence-electron chi connectivity index (χ3n) is 5.01. The zero-order valence-corrected chi connectivity index (χ0v) is 13.9. The van der Waals surface area contributed by atoms with E-state index in [1.54, 1.807) is 6.92 Å². The van der Waals surface area contributed by atoms with Crippen LogP contribution in [0.25, 0.3) is 0 Å². The van der Waals surface area contributed by atoms with Crippen molar-refractivity contribution in [3.63, 3.8) is 0 Å². The van der Waals surface area contributed by atoms with Gasteiger partial charge in [-0.05, 0) is 37.5 Å². The number of aliphatic hydroxyl groups is 1. The first-order chi connectivity index (χ1) is 9.88. The Kier molecular flexibility index (Phi) is 5.74. The number of aliphatic hydroxyl groups excluding tert-OH is 1. The van der Waals surface area contributed by atoms with Gasteiger partial charge in [0.2, 0.25) is 0 Å². The molecule has 0 aromatic carbocycles. The molecule has 1 fully saturated rings. The summed E-state index contributed by atoms with van der Waals surface area (Å²) in [5, 5.41) is 10.1. The second-order valence-corrected chi connectivity index (χ2v) is 7.58. The summed E-state index contributed by atoms with van der Waals surface area (Å²) >= 11 is 0. The minimum atomic E-state index is -4.37. The average Bonchev–Trinajstić information content (AvgIpc) is 2.36. The van der Waals surface area contributed by atoms with Gasteiger partial charge in [-0.25, -0.2) is 0 Å². The van der Waals surface area contributed by atoms with Crippen molar-refractivity contribution in [1.29, 1.82) is 0 Å². The summed E-state index contributed by atoms with van der Waals surface area (Å²) < 4.78 is 38.0. The monoisotopic (exact) mass is 320 g/mol. The van der Waals surface area contributed by atoms with Crippen LogP contribution in [0.5, 0.6) is 0 Å². The Balaban J connectivity index is 2.80. The van der Waals surface area contributed by atoms with E-state index >= 15 is 0 Å². The standard InChI is InChI=1S/C17H27F3O2/c1-5-16(4,11-17(18,19)20)14(22)10-13(21)12-6-8-15(2,3)9-7-12/h10,12,22H,5-9,11H2,1-4H3. The third kappa shape index (κ3) is 5.33. The lowest BCUT2D eigenvalue weighted by Crippen LogP contribution is -2.29. The summed E-state index contributed by atoms with van der Waals surface area (Å²) in [6, 6.07) is 0. The maximum atomic E-state index is 12.7. The van der Waals surface area contributed by atoms with Gasteiger partial charge in [-0.15, -0.1) is 0 Å². The van der Waals surface area contributed by atoms with E-state index in [1.165, 1.54) is 6.92 Å². The molecule has 1 unspecified atom stereocenters. The first-order valence-electron chi connectivity index (χ1n) is 7.90. The zero-order chi connectivity index (χ0) is 17.2. The topological polar surface area (TPSA) is 37.3 Å². The molecule has 0 spiro atoms. The predicted octanol–water partition coefficient (Wildman–Crippen LogP) is 5.58. The fourth-order valence-electron chi connectivity index (χ4n) is 2.95. The predicted molar refractivity (Wildman–Crippen MR) is 80.5 cm³/mol. The smallest absolute Gasteiger partial charge is 0.390 e. The van der Waals surface area contributed by atoms with Gasteiger partial charge in [-0.1, -0.05) is 27.7 Å². The molecular formula is C17H27F3O2. The lowest BCUT2D eigenvalue weighted by atomic mass is 9.71. The number of hydrogen-bond donors (Lipinski definition) is 1. The molecule has 1 atom stereocenters. The molecule has 1 aliphatic carbocycles. The summed E-state index contributed by atoms with van der Waals surface area (Å²) in [6.45, 7) is 7.24. The van der Waals surface area contributed by atoms with E-state index in [2.05, 4.69) is 13.8 Å². The van der Waals surface area contributed by atoms with E-state index in [1.807, 2.05) is 0 Å². The van der Waals surface area contributed by atoms with Gasteiger partial charge in [0.25, 0.3) is 0 Å². The van der Waals surface area contributed by atoms with Gasteiger partial charge < -0.3 is 5.11 Å². The Morgan fingerprint density at radius 2 is 1.77 bits per heavy atom. The van der Waals surface area contributed by atoms with E-state index < -0.39 is 23.8 Å². The van der Waals surface area contributed by atoms with Crippen LogP contribution >= 0.6 is 0 Å². The van der Waals surface area contributed by atoms with Gasteiger partial charge in [0, 0.05) is 17.4 Å². The summed E-state index contributed by atoms with van der Waals surface area (Å²) in [4.78, 5) is 12.2. The number of hydrogen-bond acceptors (Lipinski definition) is 2. The molecule has 128 valence electrons. The van der Waals surface area contributed by atoms with Gasteiger partial charge in [0.05, 0.1) is 6.42 Å². The van der Waals surface area contributed by atoms with Crippen molar-refractivity contribution in [2.24, 2.45) is 16.7 Å². The van der Waals surface area contributed by atoms with Crippen LogP contribution in [0.3, 0.4) is 0 Å². The molecule has 1 saturated carbocycles. The first-order valence-corrected chi connectivity index (χ1v) is 7.90. The minimum absolute atomic E-state index is 0.125.